The van der Waals surface area contributed by atoms with Crippen molar-refractivity contribution in [1.29, 1.82) is 0 Å². The molecule has 7 nitrogen and oxygen atoms in total. The number of piperidine rings is 1. The van der Waals surface area contributed by atoms with Crippen LogP contribution in [0.4, 0.5) is 16.2 Å². The van der Waals surface area contributed by atoms with Gasteiger partial charge < -0.3 is 20.0 Å². The number of aliphatic hydroxyl groups is 1. The third kappa shape index (κ3) is 3.92. The fraction of sp³-hybridized carbons (Fsp3) is 0.636. The van der Waals surface area contributed by atoms with Crippen LogP contribution in [-0.4, -0.2) is 58.9 Å². The summed E-state index contributed by atoms with van der Waals surface area (Å²) < 4.78 is 0. The normalized spacial score (nSPS) is 30.1. The first-order chi connectivity index (χ1) is 13.9. The lowest BCUT2D eigenvalue weighted by Crippen LogP contribution is -2.50. The van der Waals surface area contributed by atoms with E-state index in [1.807, 2.05) is 19.1 Å². The van der Waals surface area contributed by atoms with Crippen LogP contribution in [0.1, 0.15) is 50.5 Å². The minimum atomic E-state index is -1.07. The molecule has 1 atom stereocenters. The average molecular weight is 402 g/mol. The number of rotatable bonds is 3. The van der Waals surface area contributed by atoms with Crippen LogP contribution in [0, 0.1) is 12.3 Å². The number of aliphatic hydroxyl groups excluding tert-OH is 1. The molecule has 3 aliphatic rings. The van der Waals surface area contributed by atoms with Crippen molar-refractivity contribution >= 4 is 23.4 Å². The first-order valence-corrected chi connectivity index (χ1v) is 10.7. The van der Waals surface area contributed by atoms with E-state index in [4.69, 9.17) is 5.11 Å². The largest absolute Gasteiger partial charge is 0.465 e. The molecule has 29 heavy (non-hydrogen) atoms. The highest BCUT2D eigenvalue weighted by atomic mass is 16.4. The molecule has 2 amide bonds. The number of carbonyl (C=O) groups excluding carboxylic acids is 1. The molecule has 0 unspecified atom stereocenters. The molecule has 2 saturated heterocycles. The van der Waals surface area contributed by atoms with Crippen LogP contribution < -0.4 is 10.2 Å². The Hall–Kier alpha value is -2.28. The number of hydrogen-bond acceptors (Lipinski definition) is 4. The van der Waals surface area contributed by atoms with Gasteiger partial charge in [-0.15, -0.1) is 0 Å². The smallest absolute Gasteiger partial charge is 0.409 e. The summed E-state index contributed by atoms with van der Waals surface area (Å²) in [6, 6.07) is 6.03. The number of amides is 2. The van der Waals surface area contributed by atoms with Crippen molar-refractivity contribution in [2.45, 2.75) is 64.0 Å². The first kappa shape index (κ1) is 20.0. The molecular formula is C22H31N3O4. The van der Waals surface area contributed by atoms with E-state index in [2.05, 4.69) is 15.1 Å². The predicted octanol–water partition coefficient (Wildman–Crippen LogP) is 3.21. The van der Waals surface area contributed by atoms with E-state index >= 15 is 0 Å². The van der Waals surface area contributed by atoms with E-state index in [1.54, 1.807) is 6.07 Å². The fourth-order valence-electron chi connectivity index (χ4n) is 5.40. The van der Waals surface area contributed by atoms with Gasteiger partial charge in [0, 0.05) is 37.1 Å². The third-order valence-corrected chi connectivity index (χ3v) is 7.05. The summed E-state index contributed by atoms with van der Waals surface area (Å²) in [5.74, 6) is 0.296. The SMILES string of the molecule is Cc1cc(N2CCC[C@@]3(CCN([C@H]4CC[C@H](O)CC4)C3=O)C2)ccc1NC(=O)O. The van der Waals surface area contributed by atoms with Gasteiger partial charge in [0.25, 0.3) is 0 Å². The zero-order valence-electron chi connectivity index (χ0n) is 17.1. The van der Waals surface area contributed by atoms with Crippen LogP contribution in [0.15, 0.2) is 18.2 Å². The van der Waals surface area contributed by atoms with Crippen LogP contribution in [0.2, 0.25) is 0 Å². The molecule has 158 valence electrons. The Kier molecular flexibility index (Phi) is 5.42. The summed E-state index contributed by atoms with van der Waals surface area (Å²) in [5, 5.41) is 21.2. The first-order valence-electron chi connectivity index (χ1n) is 10.7. The van der Waals surface area contributed by atoms with Crippen molar-refractivity contribution in [3.05, 3.63) is 23.8 Å². The van der Waals surface area contributed by atoms with Crippen molar-refractivity contribution in [3.8, 4) is 0 Å². The molecule has 0 aromatic heterocycles. The summed E-state index contributed by atoms with van der Waals surface area (Å²) in [5.41, 5.74) is 2.21. The van der Waals surface area contributed by atoms with Gasteiger partial charge in [-0.2, -0.15) is 0 Å². The zero-order chi connectivity index (χ0) is 20.6. The van der Waals surface area contributed by atoms with Gasteiger partial charge in [0.05, 0.1) is 11.5 Å². The average Bonchev–Trinajstić information content (AvgIpc) is 3.00. The number of benzene rings is 1. The minimum absolute atomic E-state index is 0.204. The van der Waals surface area contributed by atoms with Crippen LogP contribution in [0.3, 0.4) is 0 Å². The molecular weight excluding hydrogens is 370 g/mol. The van der Waals surface area contributed by atoms with E-state index in [1.165, 1.54) is 0 Å². The number of aryl methyl sites for hydroxylation is 1. The molecule has 2 aliphatic heterocycles. The van der Waals surface area contributed by atoms with E-state index < -0.39 is 6.09 Å². The molecule has 0 bridgehead atoms. The van der Waals surface area contributed by atoms with Crippen molar-refractivity contribution in [1.82, 2.24) is 4.90 Å². The second-order valence-corrected chi connectivity index (χ2v) is 8.95. The van der Waals surface area contributed by atoms with Gasteiger partial charge in [0.15, 0.2) is 0 Å². The molecule has 2 heterocycles. The lowest BCUT2D eigenvalue weighted by atomic mass is 9.78. The van der Waals surface area contributed by atoms with Gasteiger partial charge in [-0.05, 0) is 75.6 Å². The Morgan fingerprint density at radius 1 is 1.17 bits per heavy atom. The molecule has 0 radical (unpaired) electrons. The lowest BCUT2D eigenvalue weighted by Gasteiger charge is -2.41. The van der Waals surface area contributed by atoms with Gasteiger partial charge in [0.1, 0.15) is 0 Å². The van der Waals surface area contributed by atoms with E-state index in [0.717, 1.165) is 75.8 Å². The second-order valence-electron chi connectivity index (χ2n) is 8.95. The zero-order valence-corrected chi connectivity index (χ0v) is 17.1. The molecule has 1 aromatic carbocycles. The van der Waals surface area contributed by atoms with Gasteiger partial charge in [0.2, 0.25) is 5.91 Å². The van der Waals surface area contributed by atoms with Gasteiger partial charge >= 0.3 is 6.09 Å². The monoisotopic (exact) mass is 401 g/mol. The maximum atomic E-state index is 13.4. The molecule has 7 heteroatoms. The number of nitrogens with zero attached hydrogens (tertiary/aromatic N) is 2. The Bertz CT molecular complexity index is 790. The van der Waals surface area contributed by atoms with Crippen LogP contribution in [-0.2, 0) is 4.79 Å². The Labute approximate surface area is 171 Å². The Morgan fingerprint density at radius 3 is 2.62 bits per heavy atom. The van der Waals surface area contributed by atoms with Crippen LogP contribution >= 0.6 is 0 Å². The number of hydrogen-bond donors (Lipinski definition) is 3. The molecule has 1 aromatic rings. The highest BCUT2D eigenvalue weighted by Crippen LogP contribution is 2.43. The summed E-state index contributed by atoms with van der Waals surface area (Å²) in [6.07, 6.45) is 4.96. The number of anilines is 2. The fourth-order valence-corrected chi connectivity index (χ4v) is 5.40. The van der Waals surface area contributed by atoms with Crippen LogP contribution in [0.25, 0.3) is 0 Å². The summed E-state index contributed by atoms with van der Waals surface area (Å²) in [7, 11) is 0. The second kappa shape index (κ2) is 7.86. The van der Waals surface area contributed by atoms with Crippen molar-refractivity contribution in [2.24, 2.45) is 5.41 Å². The third-order valence-electron chi connectivity index (χ3n) is 7.05. The van der Waals surface area contributed by atoms with E-state index in [0.29, 0.717) is 11.6 Å². The van der Waals surface area contributed by atoms with Crippen molar-refractivity contribution < 1.29 is 19.8 Å². The van der Waals surface area contributed by atoms with Gasteiger partial charge in [-0.3, -0.25) is 10.1 Å². The van der Waals surface area contributed by atoms with Crippen LogP contribution in [0.5, 0.6) is 0 Å². The highest BCUT2D eigenvalue weighted by molar-refractivity contribution is 5.87. The van der Waals surface area contributed by atoms with Crippen molar-refractivity contribution in [2.75, 3.05) is 29.9 Å². The quantitative estimate of drug-likeness (QED) is 0.723. The van der Waals surface area contributed by atoms with Gasteiger partial charge in [-0.25, -0.2) is 4.79 Å². The van der Waals surface area contributed by atoms with Crippen molar-refractivity contribution in [3.63, 3.8) is 0 Å². The minimum Gasteiger partial charge on any atom is -0.465 e. The van der Waals surface area contributed by atoms with Gasteiger partial charge in [-0.1, -0.05) is 0 Å². The molecule has 1 saturated carbocycles. The number of carboxylic acid groups (broad SMARTS) is 1. The van der Waals surface area contributed by atoms with E-state index in [-0.39, 0.29) is 17.6 Å². The molecule has 4 rings (SSSR count). The maximum absolute atomic E-state index is 13.4. The standard InChI is InChI=1S/C22H31N3O4/c1-15-13-17(5-8-19(15)23-21(28)29)24-11-2-9-22(14-24)10-12-25(20(22)27)16-3-6-18(26)7-4-16/h5,8,13,16,18,23,26H,2-4,6-7,9-12,14H2,1H3,(H,28,29)/t16-,18-,22-/m1/s1. The Morgan fingerprint density at radius 2 is 1.93 bits per heavy atom. The number of carbonyl (C=O) groups is 2. The highest BCUT2D eigenvalue weighted by Gasteiger charge is 2.50. The molecule has 3 fully saturated rings. The van der Waals surface area contributed by atoms with E-state index in [9.17, 15) is 14.7 Å². The topological polar surface area (TPSA) is 93.1 Å². The number of likely N-dealkylation sites (tertiary alicyclic amines) is 1. The maximum Gasteiger partial charge on any atom is 0.409 e. The Balaban J connectivity index is 1.47. The summed E-state index contributed by atoms with van der Waals surface area (Å²) >= 11 is 0. The molecule has 1 spiro atoms. The molecule has 3 N–H and O–H groups in total. The summed E-state index contributed by atoms with van der Waals surface area (Å²) in [4.78, 5) is 28.7. The number of nitrogens with one attached hydrogen (secondary N) is 1. The molecule has 1 aliphatic carbocycles. The summed E-state index contributed by atoms with van der Waals surface area (Å²) in [6.45, 7) is 4.36. The predicted molar refractivity (Wildman–Crippen MR) is 111 cm³/mol. The lowest BCUT2D eigenvalue weighted by molar-refractivity contribution is -0.139.